The van der Waals surface area contributed by atoms with Gasteiger partial charge in [0.25, 0.3) is 0 Å². The molecule has 2 aromatic rings. The van der Waals surface area contributed by atoms with Crippen molar-refractivity contribution in [2.24, 2.45) is 5.84 Å². The van der Waals surface area contributed by atoms with Gasteiger partial charge < -0.3 is 10.2 Å². The Hall–Kier alpha value is -1.45. The number of ether oxygens (including phenoxy) is 1. The number of hydrogen-bond acceptors (Lipinski definition) is 6. The molecule has 104 valence electrons. The molecule has 0 aliphatic rings. The number of nitrogens with zero attached hydrogens (tertiary/aromatic N) is 2. The molecular formula is C10H11F3N4OS. The molecule has 0 saturated carbocycles. The van der Waals surface area contributed by atoms with Crippen molar-refractivity contribution in [2.45, 2.75) is 19.2 Å². The molecule has 19 heavy (non-hydrogen) atoms. The van der Waals surface area contributed by atoms with Crippen LogP contribution in [0.4, 0.5) is 19.0 Å². The van der Waals surface area contributed by atoms with Crippen molar-refractivity contribution >= 4 is 27.4 Å². The first kappa shape index (κ1) is 14.0. The Labute approximate surface area is 110 Å². The number of aromatic nitrogens is 2. The van der Waals surface area contributed by atoms with Crippen molar-refractivity contribution in [1.29, 1.82) is 0 Å². The van der Waals surface area contributed by atoms with Gasteiger partial charge in [-0.15, -0.1) is 11.3 Å². The number of hydrogen-bond donors (Lipinski definition) is 2. The highest BCUT2D eigenvalue weighted by Gasteiger charge is 2.26. The summed E-state index contributed by atoms with van der Waals surface area (Å²) in [6.07, 6.45) is -5.21. The lowest BCUT2D eigenvalue weighted by Gasteiger charge is -2.08. The van der Waals surface area contributed by atoms with Gasteiger partial charge in [-0.3, -0.25) is 0 Å². The fourth-order valence-corrected chi connectivity index (χ4v) is 2.21. The minimum absolute atomic E-state index is 0.0847. The van der Waals surface area contributed by atoms with E-state index in [1.54, 1.807) is 0 Å². The van der Waals surface area contributed by atoms with E-state index in [0.29, 0.717) is 16.5 Å². The molecule has 9 heteroatoms. The van der Waals surface area contributed by atoms with Gasteiger partial charge in [-0.05, 0) is 11.4 Å². The van der Waals surface area contributed by atoms with Gasteiger partial charge in [-0.25, -0.2) is 15.8 Å². The van der Waals surface area contributed by atoms with Gasteiger partial charge in [0.2, 0.25) is 0 Å². The lowest BCUT2D eigenvalue weighted by atomic mass is 10.4. The van der Waals surface area contributed by atoms with Gasteiger partial charge in [0.05, 0.1) is 18.4 Å². The number of nitrogens with two attached hydrogens (primary N) is 1. The van der Waals surface area contributed by atoms with E-state index in [9.17, 15) is 13.2 Å². The maximum absolute atomic E-state index is 11.9. The molecule has 0 radical (unpaired) electrons. The molecule has 0 fully saturated rings. The van der Waals surface area contributed by atoms with Crippen molar-refractivity contribution in [3.05, 3.63) is 17.3 Å². The van der Waals surface area contributed by atoms with Crippen LogP contribution in [0.15, 0.2) is 11.4 Å². The Morgan fingerprint density at radius 3 is 2.84 bits per heavy atom. The quantitative estimate of drug-likeness (QED) is 0.503. The van der Waals surface area contributed by atoms with Gasteiger partial charge >= 0.3 is 6.18 Å². The Kier molecular flexibility index (Phi) is 4.17. The van der Waals surface area contributed by atoms with Crippen molar-refractivity contribution in [3.8, 4) is 0 Å². The lowest BCUT2D eigenvalue weighted by molar-refractivity contribution is -0.146. The molecule has 0 aliphatic heterocycles. The van der Waals surface area contributed by atoms with Gasteiger partial charge in [0, 0.05) is 0 Å². The Balaban J connectivity index is 2.01. The summed E-state index contributed by atoms with van der Waals surface area (Å²) >= 11 is 1.39. The largest absolute Gasteiger partial charge is 0.391 e. The fourth-order valence-electron chi connectivity index (χ4n) is 1.43. The zero-order valence-corrected chi connectivity index (χ0v) is 10.5. The number of thiophene rings is 1. The molecule has 0 bridgehead atoms. The second-order valence-corrected chi connectivity index (χ2v) is 4.58. The van der Waals surface area contributed by atoms with Crippen LogP contribution in [-0.4, -0.2) is 22.8 Å². The number of fused-ring (bicyclic) bond motifs is 1. The van der Waals surface area contributed by atoms with Crippen LogP contribution >= 0.6 is 11.3 Å². The number of nitrogen functional groups attached to an aromatic ring is 1. The maximum atomic E-state index is 11.9. The van der Waals surface area contributed by atoms with Crippen LogP contribution in [0.2, 0.25) is 0 Å². The monoisotopic (exact) mass is 292 g/mol. The first-order chi connectivity index (χ1) is 8.99. The molecule has 0 aliphatic carbocycles. The molecule has 0 spiro atoms. The first-order valence-electron chi connectivity index (χ1n) is 5.35. The number of nitrogens with one attached hydrogen (secondary N) is 1. The van der Waals surface area contributed by atoms with Crippen LogP contribution in [0.3, 0.4) is 0 Å². The Morgan fingerprint density at radius 2 is 2.16 bits per heavy atom. The summed E-state index contributed by atoms with van der Waals surface area (Å²) in [6, 6.07) is 1.81. The third-order valence-corrected chi connectivity index (χ3v) is 3.08. The molecule has 0 amide bonds. The smallest absolute Gasteiger partial charge is 0.373 e. The summed E-state index contributed by atoms with van der Waals surface area (Å²) in [5, 5.41) is 2.60. The summed E-state index contributed by atoms with van der Waals surface area (Å²) in [5.41, 5.74) is 2.43. The minimum Gasteiger partial charge on any atom is -0.373 e. The number of anilines is 1. The predicted octanol–water partition coefficient (Wildman–Crippen LogP) is 2.45. The van der Waals surface area contributed by atoms with Gasteiger partial charge in [-0.1, -0.05) is 0 Å². The average Bonchev–Trinajstić information content (AvgIpc) is 2.80. The van der Waals surface area contributed by atoms with Crippen molar-refractivity contribution in [2.75, 3.05) is 12.0 Å². The van der Waals surface area contributed by atoms with Crippen LogP contribution in [0.5, 0.6) is 0 Å². The second-order valence-electron chi connectivity index (χ2n) is 3.69. The van der Waals surface area contributed by atoms with Crippen LogP contribution in [0.1, 0.15) is 12.2 Å². The van der Waals surface area contributed by atoms with Crippen LogP contribution in [0.25, 0.3) is 10.2 Å². The number of alkyl halides is 3. The van der Waals surface area contributed by atoms with E-state index in [-0.39, 0.29) is 6.61 Å². The van der Waals surface area contributed by atoms with E-state index in [2.05, 4.69) is 15.4 Å². The second kappa shape index (κ2) is 5.68. The fraction of sp³-hybridized carbons (Fsp3) is 0.400. The SMILES string of the molecule is NNc1nc(COCCC(F)(F)F)nc2sccc12. The van der Waals surface area contributed by atoms with Gasteiger partial charge in [-0.2, -0.15) is 13.2 Å². The van der Waals surface area contributed by atoms with E-state index >= 15 is 0 Å². The zero-order valence-electron chi connectivity index (χ0n) is 9.70. The highest BCUT2D eigenvalue weighted by Crippen LogP contribution is 2.24. The van der Waals surface area contributed by atoms with Crippen molar-refractivity contribution < 1.29 is 17.9 Å². The first-order valence-corrected chi connectivity index (χ1v) is 6.23. The van der Waals surface area contributed by atoms with Crippen LogP contribution in [-0.2, 0) is 11.3 Å². The van der Waals surface area contributed by atoms with E-state index < -0.39 is 19.2 Å². The summed E-state index contributed by atoms with van der Waals surface area (Å²) in [6.45, 7) is -0.501. The summed E-state index contributed by atoms with van der Waals surface area (Å²) < 4.78 is 40.7. The molecule has 2 rings (SSSR count). The van der Waals surface area contributed by atoms with E-state index in [1.807, 2.05) is 11.4 Å². The van der Waals surface area contributed by atoms with Crippen LogP contribution in [0, 0.1) is 0 Å². The van der Waals surface area contributed by atoms with E-state index in [0.717, 1.165) is 5.39 Å². The van der Waals surface area contributed by atoms with Gasteiger partial charge in [0.15, 0.2) is 11.6 Å². The molecule has 0 atom stereocenters. The summed E-state index contributed by atoms with van der Waals surface area (Å²) in [7, 11) is 0. The third kappa shape index (κ3) is 3.75. The average molecular weight is 292 g/mol. The molecule has 0 aromatic carbocycles. The molecule has 2 aromatic heterocycles. The number of hydrazine groups is 1. The highest BCUT2D eigenvalue weighted by molar-refractivity contribution is 7.16. The standard InChI is InChI=1S/C10H11F3N4OS/c11-10(12,13)2-3-18-5-7-15-8(17-14)6-1-4-19-9(6)16-7/h1,4H,2-3,5,14H2,(H,15,16,17). The lowest BCUT2D eigenvalue weighted by Crippen LogP contribution is -2.13. The topological polar surface area (TPSA) is 73.1 Å². The normalized spacial score (nSPS) is 12.0. The number of rotatable bonds is 5. The molecule has 0 saturated heterocycles. The molecular weight excluding hydrogens is 281 g/mol. The molecule has 2 heterocycles. The molecule has 0 unspecified atom stereocenters. The Morgan fingerprint density at radius 1 is 1.37 bits per heavy atom. The summed E-state index contributed by atoms with van der Waals surface area (Å²) in [4.78, 5) is 8.97. The Bertz CT molecular complexity index is 557. The van der Waals surface area contributed by atoms with Crippen molar-refractivity contribution in [1.82, 2.24) is 9.97 Å². The van der Waals surface area contributed by atoms with Crippen molar-refractivity contribution in [3.63, 3.8) is 0 Å². The minimum atomic E-state index is -4.22. The molecule has 5 nitrogen and oxygen atoms in total. The maximum Gasteiger partial charge on any atom is 0.391 e. The number of halogens is 3. The molecule has 3 N–H and O–H groups in total. The predicted molar refractivity (Wildman–Crippen MR) is 65.6 cm³/mol. The van der Waals surface area contributed by atoms with E-state index in [1.165, 1.54) is 11.3 Å². The van der Waals surface area contributed by atoms with Gasteiger partial charge in [0.1, 0.15) is 11.4 Å². The zero-order chi connectivity index (χ0) is 13.9. The highest BCUT2D eigenvalue weighted by atomic mass is 32.1. The third-order valence-electron chi connectivity index (χ3n) is 2.27. The van der Waals surface area contributed by atoms with E-state index in [4.69, 9.17) is 10.6 Å². The summed E-state index contributed by atoms with van der Waals surface area (Å²) in [5.74, 6) is 6.06. The van der Waals surface area contributed by atoms with Crippen LogP contribution < -0.4 is 11.3 Å².